The molecule has 94 valence electrons. The van der Waals surface area contributed by atoms with Gasteiger partial charge in [-0.1, -0.05) is 44.8 Å². The molecule has 0 saturated carbocycles. The Hall–Kier alpha value is -0.710. The number of hydrogen-bond acceptors (Lipinski definition) is 2. The van der Waals surface area contributed by atoms with E-state index in [0.717, 1.165) is 14.5 Å². The summed E-state index contributed by atoms with van der Waals surface area (Å²) >= 11 is 7.01. The van der Waals surface area contributed by atoms with Crippen molar-refractivity contribution in [3.05, 3.63) is 62.8 Å². The lowest BCUT2D eigenvalue weighted by Gasteiger charge is -2.22. The molecule has 2 N–H and O–H groups in total. The molecule has 0 saturated heterocycles. The zero-order valence-electron chi connectivity index (χ0n) is 9.98. The van der Waals surface area contributed by atoms with Crippen LogP contribution in [-0.4, -0.2) is 4.98 Å². The van der Waals surface area contributed by atoms with E-state index < -0.39 is 0 Å². The van der Waals surface area contributed by atoms with E-state index >= 15 is 0 Å². The maximum atomic E-state index is 6.36. The van der Waals surface area contributed by atoms with Crippen LogP contribution in [0.5, 0.6) is 0 Å². The monoisotopic (exact) mass is 368 g/mol. The van der Waals surface area contributed by atoms with E-state index in [4.69, 9.17) is 5.73 Å². The molecule has 2 unspecified atom stereocenters. The van der Waals surface area contributed by atoms with Gasteiger partial charge in [-0.15, -0.1) is 0 Å². The predicted octanol–water partition coefficient (Wildman–Crippen LogP) is 4.41. The van der Waals surface area contributed by atoms with Crippen LogP contribution >= 0.6 is 31.9 Å². The number of nitrogens with zero attached hydrogens (tertiary/aromatic N) is 1. The summed E-state index contributed by atoms with van der Waals surface area (Å²) in [7, 11) is 0. The molecule has 18 heavy (non-hydrogen) atoms. The highest BCUT2D eigenvalue weighted by Crippen LogP contribution is 2.33. The topological polar surface area (TPSA) is 38.9 Å². The Morgan fingerprint density at radius 1 is 1.11 bits per heavy atom. The Morgan fingerprint density at radius 3 is 2.39 bits per heavy atom. The molecule has 0 aliphatic carbocycles. The largest absolute Gasteiger partial charge is 0.323 e. The maximum absolute atomic E-state index is 6.36. The Bertz CT molecular complexity index is 529. The Morgan fingerprint density at radius 2 is 1.78 bits per heavy atom. The molecule has 2 aromatic rings. The van der Waals surface area contributed by atoms with Crippen molar-refractivity contribution >= 4 is 31.9 Å². The molecular formula is C14H14Br2N2. The van der Waals surface area contributed by atoms with Crippen molar-refractivity contribution in [3.63, 3.8) is 0 Å². The molecule has 0 fully saturated rings. The fourth-order valence-electron chi connectivity index (χ4n) is 1.92. The van der Waals surface area contributed by atoms with Gasteiger partial charge in [-0.05, 0) is 35.4 Å². The minimum atomic E-state index is -0.0464. The van der Waals surface area contributed by atoms with Crippen LogP contribution < -0.4 is 5.73 Å². The third-order valence-corrected chi connectivity index (χ3v) is 4.27. The van der Waals surface area contributed by atoms with Crippen LogP contribution in [0.25, 0.3) is 0 Å². The normalized spacial score (nSPS) is 14.2. The van der Waals surface area contributed by atoms with Crippen LogP contribution in [0.3, 0.4) is 0 Å². The molecule has 2 atom stereocenters. The number of pyridine rings is 1. The van der Waals surface area contributed by atoms with Crippen LogP contribution in [-0.2, 0) is 0 Å². The van der Waals surface area contributed by atoms with Gasteiger partial charge in [0.2, 0.25) is 0 Å². The van der Waals surface area contributed by atoms with Gasteiger partial charge in [-0.3, -0.25) is 4.98 Å². The molecule has 0 bridgehead atoms. The van der Waals surface area contributed by atoms with E-state index in [1.807, 2.05) is 24.3 Å². The van der Waals surface area contributed by atoms with Crippen molar-refractivity contribution in [1.29, 1.82) is 0 Å². The van der Waals surface area contributed by atoms with Crippen molar-refractivity contribution in [2.75, 3.05) is 0 Å². The molecule has 4 heteroatoms. The van der Waals surface area contributed by atoms with E-state index in [2.05, 4.69) is 49.8 Å². The highest BCUT2D eigenvalue weighted by molar-refractivity contribution is 9.11. The molecule has 1 heterocycles. The highest BCUT2D eigenvalue weighted by Gasteiger charge is 2.18. The Labute approximate surface area is 124 Å². The fraction of sp³-hybridized carbons (Fsp3) is 0.214. The van der Waals surface area contributed by atoms with Crippen molar-refractivity contribution < 1.29 is 0 Å². The van der Waals surface area contributed by atoms with Gasteiger partial charge in [0.15, 0.2) is 0 Å². The van der Waals surface area contributed by atoms with Crippen LogP contribution in [0, 0.1) is 0 Å². The first-order valence-corrected chi connectivity index (χ1v) is 7.28. The SMILES string of the molecule is CC(c1ccncc1)C(N)c1ccc(Br)cc1Br. The molecule has 0 aliphatic rings. The minimum Gasteiger partial charge on any atom is -0.323 e. The van der Waals surface area contributed by atoms with E-state index in [1.54, 1.807) is 12.4 Å². The van der Waals surface area contributed by atoms with Crippen molar-refractivity contribution in [2.24, 2.45) is 5.73 Å². The summed E-state index contributed by atoms with van der Waals surface area (Å²) in [5.74, 6) is 0.241. The number of benzene rings is 1. The molecular weight excluding hydrogens is 356 g/mol. The third-order valence-electron chi connectivity index (χ3n) is 3.09. The summed E-state index contributed by atoms with van der Waals surface area (Å²) in [6, 6.07) is 10.1. The second-order valence-corrected chi connectivity index (χ2v) is 6.03. The molecule has 0 amide bonds. The number of halogens is 2. The van der Waals surface area contributed by atoms with E-state index in [9.17, 15) is 0 Å². The highest BCUT2D eigenvalue weighted by atomic mass is 79.9. The van der Waals surface area contributed by atoms with Gasteiger partial charge in [0.1, 0.15) is 0 Å². The Balaban J connectivity index is 2.28. The first kappa shape index (κ1) is 13.7. The Kier molecular flexibility index (Phi) is 4.54. The zero-order valence-corrected chi connectivity index (χ0v) is 13.1. The molecule has 1 aromatic heterocycles. The van der Waals surface area contributed by atoms with Gasteiger partial charge < -0.3 is 5.73 Å². The molecule has 1 aromatic carbocycles. The summed E-state index contributed by atoms with van der Waals surface area (Å²) in [6.07, 6.45) is 3.60. The summed E-state index contributed by atoms with van der Waals surface area (Å²) in [6.45, 7) is 2.13. The lowest BCUT2D eigenvalue weighted by Crippen LogP contribution is -2.18. The van der Waals surface area contributed by atoms with Crippen molar-refractivity contribution in [3.8, 4) is 0 Å². The lowest BCUT2D eigenvalue weighted by atomic mass is 9.90. The lowest BCUT2D eigenvalue weighted by molar-refractivity contribution is 0.595. The molecule has 2 rings (SSSR count). The molecule has 0 aliphatic heterocycles. The number of rotatable bonds is 3. The van der Waals surface area contributed by atoms with Crippen LogP contribution in [0.15, 0.2) is 51.7 Å². The minimum absolute atomic E-state index is 0.0464. The van der Waals surface area contributed by atoms with Crippen LogP contribution in [0.1, 0.15) is 30.0 Å². The summed E-state index contributed by atoms with van der Waals surface area (Å²) in [5, 5.41) is 0. The number of aromatic nitrogens is 1. The van der Waals surface area contributed by atoms with Gasteiger partial charge in [0.05, 0.1) is 0 Å². The summed E-state index contributed by atoms with van der Waals surface area (Å²) in [4.78, 5) is 4.03. The smallest absolute Gasteiger partial charge is 0.0373 e. The quantitative estimate of drug-likeness (QED) is 0.870. The zero-order chi connectivity index (χ0) is 13.1. The predicted molar refractivity (Wildman–Crippen MR) is 81.4 cm³/mol. The molecule has 0 spiro atoms. The molecule has 0 radical (unpaired) electrons. The van der Waals surface area contributed by atoms with Gasteiger partial charge >= 0.3 is 0 Å². The average molecular weight is 370 g/mol. The fourth-order valence-corrected chi connectivity index (χ4v) is 3.23. The van der Waals surface area contributed by atoms with Crippen molar-refractivity contribution in [1.82, 2.24) is 4.98 Å². The van der Waals surface area contributed by atoms with Crippen LogP contribution in [0.2, 0.25) is 0 Å². The average Bonchev–Trinajstić information content (AvgIpc) is 2.38. The van der Waals surface area contributed by atoms with Gasteiger partial charge in [-0.2, -0.15) is 0 Å². The summed E-state index contributed by atoms with van der Waals surface area (Å²) in [5.41, 5.74) is 8.67. The standard InChI is InChI=1S/C14H14Br2N2/c1-9(10-4-6-18-7-5-10)14(17)12-3-2-11(15)8-13(12)16/h2-9,14H,17H2,1H3. The first-order valence-electron chi connectivity index (χ1n) is 5.70. The van der Waals surface area contributed by atoms with Gasteiger partial charge in [-0.25, -0.2) is 0 Å². The van der Waals surface area contributed by atoms with Gasteiger partial charge in [0.25, 0.3) is 0 Å². The van der Waals surface area contributed by atoms with Crippen molar-refractivity contribution in [2.45, 2.75) is 18.9 Å². The van der Waals surface area contributed by atoms with E-state index in [1.165, 1.54) is 5.56 Å². The first-order chi connectivity index (χ1) is 8.59. The van der Waals surface area contributed by atoms with Gasteiger partial charge in [0, 0.05) is 33.3 Å². The second kappa shape index (κ2) is 5.95. The second-order valence-electron chi connectivity index (χ2n) is 4.26. The number of hydrogen-bond donors (Lipinski definition) is 1. The van der Waals surface area contributed by atoms with E-state index in [0.29, 0.717) is 0 Å². The summed E-state index contributed by atoms with van der Waals surface area (Å²) < 4.78 is 2.08. The third kappa shape index (κ3) is 2.99. The number of nitrogens with two attached hydrogens (primary N) is 1. The maximum Gasteiger partial charge on any atom is 0.0373 e. The molecule has 2 nitrogen and oxygen atoms in total. The van der Waals surface area contributed by atoms with Crippen LogP contribution in [0.4, 0.5) is 0 Å². The van der Waals surface area contributed by atoms with E-state index in [-0.39, 0.29) is 12.0 Å².